The van der Waals surface area contributed by atoms with Crippen molar-refractivity contribution >= 4 is 11.8 Å². The molecule has 14 heavy (non-hydrogen) atoms. The van der Waals surface area contributed by atoms with Crippen LogP contribution in [0.5, 0.6) is 0 Å². The van der Waals surface area contributed by atoms with E-state index in [1.807, 2.05) is 0 Å². The molecule has 0 radical (unpaired) electrons. The first kappa shape index (κ1) is 10.8. The van der Waals surface area contributed by atoms with Gasteiger partial charge in [-0.3, -0.25) is 0 Å². The molecular weight excluding hydrogens is 194 g/mol. The third kappa shape index (κ3) is 2.44. The van der Waals surface area contributed by atoms with Crippen LogP contribution in [-0.4, -0.2) is 35.8 Å². The van der Waals surface area contributed by atoms with E-state index >= 15 is 0 Å². The lowest BCUT2D eigenvalue weighted by molar-refractivity contribution is 0.0218. The summed E-state index contributed by atoms with van der Waals surface area (Å²) >= 11 is 2.12. The lowest BCUT2D eigenvalue weighted by Crippen LogP contribution is -2.45. The predicted molar refractivity (Wildman–Crippen MR) is 61.9 cm³/mol. The summed E-state index contributed by atoms with van der Waals surface area (Å²) in [6, 6.07) is 0.559. The summed E-state index contributed by atoms with van der Waals surface area (Å²) in [5, 5.41) is 4.52. The molecule has 0 aromatic carbocycles. The molecule has 0 aliphatic carbocycles. The van der Waals surface area contributed by atoms with Crippen molar-refractivity contribution in [2.24, 2.45) is 0 Å². The minimum atomic E-state index is 0.0449. The molecule has 0 aromatic heterocycles. The van der Waals surface area contributed by atoms with Gasteiger partial charge in [-0.05, 0) is 38.9 Å². The van der Waals surface area contributed by atoms with Gasteiger partial charge in [0, 0.05) is 24.4 Å². The van der Waals surface area contributed by atoms with Crippen molar-refractivity contribution in [3.63, 3.8) is 0 Å². The van der Waals surface area contributed by atoms with Gasteiger partial charge in [-0.1, -0.05) is 0 Å². The van der Waals surface area contributed by atoms with Crippen LogP contribution in [0.2, 0.25) is 0 Å². The van der Waals surface area contributed by atoms with Crippen molar-refractivity contribution in [1.29, 1.82) is 0 Å². The fourth-order valence-corrected chi connectivity index (χ4v) is 3.53. The first-order chi connectivity index (χ1) is 6.68. The molecule has 0 spiro atoms. The van der Waals surface area contributed by atoms with Crippen LogP contribution in [0.4, 0.5) is 0 Å². The standard InChI is InChI=1S/C11H21NOS/c1-11(2)10(5-6-13-11)12-8-9-4-3-7-14-9/h9-10,12H,3-8H2,1-2H3. The highest BCUT2D eigenvalue weighted by Gasteiger charge is 2.35. The van der Waals surface area contributed by atoms with E-state index in [0.717, 1.165) is 11.9 Å². The fraction of sp³-hybridized carbons (Fsp3) is 1.00. The Morgan fingerprint density at radius 3 is 2.86 bits per heavy atom. The molecule has 2 aliphatic rings. The molecule has 2 rings (SSSR count). The van der Waals surface area contributed by atoms with Gasteiger partial charge >= 0.3 is 0 Å². The van der Waals surface area contributed by atoms with E-state index in [4.69, 9.17) is 4.74 Å². The van der Waals surface area contributed by atoms with E-state index in [2.05, 4.69) is 30.9 Å². The minimum Gasteiger partial charge on any atom is -0.374 e. The van der Waals surface area contributed by atoms with Crippen LogP contribution in [0.1, 0.15) is 33.1 Å². The van der Waals surface area contributed by atoms with Crippen LogP contribution in [0.3, 0.4) is 0 Å². The Bertz CT molecular complexity index is 190. The van der Waals surface area contributed by atoms with Gasteiger partial charge in [-0.15, -0.1) is 0 Å². The summed E-state index contributed by atoms with van der Waals surface area (Å²) in [5.41, 5.74) is 0.0449. The zero-order chi connectivity index (χ0) is 10.0. The molecule has 3 heteroatoms. The third-order valence-corrected chi connectivity index (χ3v) is 4.73. The predicted octanol–water partition coefficient (Wildman–Crippen LogP) is 2.04. The Morgan fingerprint density at radius 1 is 1.43 bits per heavy atom. The molecule has 2 nitrogen and oxygen atoms in total. The molecule has 1 N–H and O–H groups in total. The molecule has 2 saturated heterocycles. The molecule has 2 heterocycles. The second kappa shape index (κ2) is 4.42. The highest BCUT2D eigenvalue weighted by atomic mass is 32.2. The SMILES string of the molecule is CC1(C)OCCC1NCC1CCCS1. The average molecular weight is 215 g/mol. The quantitative estimate of drug-likeness (QED) is 0.778. The maximum absolute atomic E-state index is 5.70. The van der Waals surface area contributed by atoms with Crippen molar-refractivity contribution in [1.82, 2.24) is 5.32 Å². The van der Waals surface area contributed by atoms with Gasteiger partial charge < -0.3 is 10.1 Å². The Kier molecular flexibility index (Phi) is 3.40. The number of rotatable bonds is 3. The van der Waals surface area contributed by atoms with Crippen LogP contribution >= 0.6 is 11.8 Å². The zero-order valence-electron chi connectivity index (χ0n) is 9.21. The maximum atomic E-state index is 5.70. The van der Waals surface area contributed by atoms with E-state index in [0.29, 0.717) is 6.04 Å². The third-order valence-electron chi connectivity index (χ3n) is 3.34. The van der Waals surface area contributed by atoms with Gasteiger partial charge in [0.1, 0.15) is 0 Å². The number of hydrogen-bond donors (Lipinski definition) is 1. The van der Waals surface area contributed by atoms with E-state index in [9.17, 15) is 0 Å². The molecule has 0 aromatic rings. The number of hydrogen-bond acceptors (Lipinski definition) is 3. The van der Waals surface area contributed by atoms with Crippen molar-refractivity contribution in [2.75, 3.05) is 18.9 Å². The van der Waals surface area contributed by atoms with Crippen LogP contribution in [0.25, 0.3) is 0 Å². The van der Waals surface area contributed by atoms with Gasteiger partial charge in [0.05, 0.1) is 5.60 Å². The molecule has 2 fully saturated rings. The highest BCUT2D eigenvalue weighted by Crippen LogP contribution is 2.28. The first-order valence-corrected chi connectivity index (χ1v) is 6.72. The van der Waals surface area contributed by atoms with Crippen LogP contribution < -0.4 is 5.32 Å². The van der Waals surface area contributed by atoms with Gasteiger partial charge in [0.25, 0.3) is 0 Å². The molecule has 2 aliphatic heterocycles. The monoisotopic (exact) mass is 215 g/mol. The molecule has 0 saturated carbocycles. The average Bonchev–Trinajstić information content (AvgIpc) is 2.71. The zero-order valence-corrected chi connectivity index (χ0v) is 10.0. The number of nitrogens with one attached hydrogen (secondary N) is 1. The minimum absolute atomic E-state index is 0.0449. The van der Waals surface area contributed by atoms with Crippen molar-refractivity contribution in [2.45, 2.75) is 50.0 Å². The van der Waals surface area contributed by atoms with Crippen molar-refractivity contribution in [3.05, 3.63) is 0 Å². The first-order valence-electron chi connectivity index (χ1n) is 5.67. The summed E-state index contributed by atoms with van der Waals surface area (Å²) in [6.45, 7) is 6.48. The van der Waals surface area contributed by atoms with Crippen LogP contribution in [0, 0.1) is 0 Å². The summed E-state index contributed by atoms with van der Waals surface area (Å²) in [4.78, 5) is 0. The molecule has 0 amide bonds. The van der Waals surface area contributed by atoms with Crippen molar-refractivity contribution in [3.8, 4) is 0 Å². The Morgan fingerprint density at radius 2 is 2.29 bits per heavy atom. The van der Waals surface area contributed by atoms with E-state index in [1.54, 1.807) is 0 Å². The van der Waals surface area contributed by atoms with Crippen LogP contribution in [-0.2, 0) is 4.74 Å². The summed E-state index contributed by atoms with van der Waals surface area (Å²) in [6.07, 6.45) is 3.97. The molecule has 0 bridgehead atoms. The normalized spacial score (nSPS) is 36.4. The van der Waals surface area contributed by atoms with Gasteiger partial charge in [-0.2, -0.15) is 11.8 Å². The van der Waals surface area contributed by atoms with Crippen LogP contribution in [0.15, 0.2) is 0 Å². The summed E-state index contributed by atoms with van der Waals surface area (Å²) < 4.78 is 5.70. The lowest BCUT2D eigenvalue weighted by atomic mass is 9.99. The highest BCUT2D eigenvalue weighted by molar-refractivity contribution is 8.00. The summed E-state index contributed by atoms with van der Waals surface area (Å²) in [7, 11) is 0. The van der Waals surface area contributed by atoms with Crippen molar-refractivity contribution < 1.29 is 4.74 Å². The lowest BCUT2D eigenvalue weighted by Gasteiger charge is -2.27. The Hall–Kier alpha value is 0.270. The van der Waals surface area contributed by atoms with E-state index < -0.39 is 0 Å². The molecular formula is C11H21NOS. The second-order valence-corrected chi connectivity index (χ2v) is 6.24. The maximum Gasteiger partial charge on any atom is 0.0779 e. The molecule has 2 unspecified atom stereocenters. The molecule has 82 valence electrons. The molecule has 2 atom stereocenters. The van der Waals surface area contributed by atoms with Gasteiger partial charge in [0.15, 0.2) is 0 Å². The van der Waals surface area contributed by atoms with Gasteiger partial charge in [0.2, 0.25) is 0 Å². The van der Waals surface area contributed by atoms with E-state index in [1.165, 1.54) is 31.6 Å². The fourth-order valence-electron chi connectivity index (χ4n) is 2.31. The Balaban J connectivity index is 1.74. The largest absolute Gasteiger partial charge is 0.374 e. The number of thioether (sulfide) groups is 1. The van der Waals surface area contributed by atoms with Gasteiger partial charge in [-0.25, -0.2) is 0 Å². The number of ether oxygens (including phenoxy) is 1. The second-order valence-electron chi connectivity index (χ2n) is 4.84. The Labute approximate surface area is 91.2 Å². The van der Waals surface area contributed by atoms with E-state index in [-0.39, 0.29) is 5.60 Å². The smallest absolute Gasteiger partial charge is 0.0779 e. The topological polar surface area (TPSA) is 21.3 Å². The summed E-state index contributed by atoms with van der Waals surface area (Å²) in [5.74, 6) is 1.36.